The average Bonchev–Trinajstić information content (AvgIpc) is 2.69. The van der Waals surface area contributed by atoms with Crippen LogP contribution in [0.15, 0.2) is 54.6 Å². The number of nitrogens with one attached hydrogen (secondary N) is 2. The number of nitro groups is 1. The standard InChI is InChI=1S/C20H23N3O5/c1-2-20(19(25)26,15-8-4-3-5-9-15)14-22-18(24)12-13-21-16-10-6-7-11-17(16)23(27)28/h3-11,21H,2,12-14H2,1H3,(H,22,24)(H,25,26). The van der Waals surface area contributed by atoms with Gasteiger partial charge in [0, 0.05) is 25.6 Å². The van der Waals surface area contributed by atoms with Gasteiger partial charge in [-0.2, -0.15) is 0 Å². The van der Waals surface area contributed by atoms with E-state index in [0.29, 0.717) is 17.7 Å². The van der Waals surface area contributed by atoms with Crippen LogP contribution in [0.5, 0.6) is 0 Å². The highest BCUT2D eigenvalue weighted by Crippen LogP contribution is 2.28. The van der Waals surface area contributed by atoms with Crippen molar-refractivity contribution in [3.05, 3.63) is 70.3 Å². The number of hydrogen-bond donors (Lipinski definition) is 3. The third-order valence-electron chi connectivity index (χ3n) is 4.69. The fourth-order valence-electron chi connectivity index (χ4n) is 2.97. The molecule has 0 heterocycles. The molecule has 0 aliphatic rings. The van der Waals surface area contributed by atoms with Gasteiger partial charge >= 0.3 is 5.97 Å². The molecule has 0 bridgehead atoms. The van der Waals surface area contributed by atoms with Crippen LogP contribution < -0.4 is 10.6 Å². The molecule has 0 saturated carbocycles. The summed E-state index contributed by atoms with van der Waals surface area (Å²) in [5.74, 6) is -1.33. The lowest BCUT2D eigenvalue weighted by atomic mass is 9.78. The van der Waals surface area contributed by atoms with Crippen molar-refractivity contribution in [1.82, 2.24) is 5.32 Å². The first-order chi connectivity index (χ1) is 13.4. The van der Waals surface area contributed by atoms with Crippen LogP contribution in [0.2, 0.25) is 0 Å². The Bertz CT molecular complexity index is 841. The van der Waals surface area contributed by atoms with Crippen molar-refractivity contribution in [2.45, 2.75) is 25.2 Å². The normalized spacial score (nSPS) is 12.6. The number of nitrogens with zero attached hydrogens (tertiary/aromatic N) is 1. The highest BCUT2D eigenvalue weighted by molar-refractivity contribution is 5.83. The monoisotopic (exact) mass is 385 g/mol. The second-order valence-corrected chi connectivity index (χ2v) is 6.33. The van der Waals surface area contributed by atoms with Gasteiger partial charge in [0.2, 0.25) is 5.91 Å². The fourth-order valence-corrected chi connectivity index (χ4v) is 2.97. The van der Waals surface area contributed by atoms with Crippen molar-refractivity contribution in [2.24, 2.45) is 0 Å². The van der Waals surface area contributed by atoms with Gasteiger partial charge in [-0.1, -0.05) is 49.4 Å². The van der Waals surface area contributed by atoms with Gasteiger partial charge < -0.3 is 15.7 Å². The predicted octanol–water partition coefficient (Wildman–Crippen LogP) is 2.95. The SMILES string of the molecule is CCC(CNC(=O)CCNc1ccccc1[N+](=O)[O-])(C(=O)O)c1ccccc1. The second kappa shape index (κ2) is 9.50. The van der Waals surface area contributed by atoms with E-state index in [-0.39, 0.29) is 31.1 Å². The van der Waals surface area contributed by atoms with Crippen LogP contribution in [-0.4, -0.2) is 35.0 Å². The van der Waals surface area contributed by atoms with Crippen molar-refractivity contribution in [1.29, 1.82) is 0 Å². The van der Waals surface area contributed by atoms with Gasteiger partial charge in [0.15, 0.2) is 0 Å². The van der Waals surface area contributed by atoms with Gasteiger partial charge in [0.1, 0.15) is 11.1 Å². The highest BCUT2D eigenvalue weighted by Gasteiger charge is 2.38. The van der Waals surface area contributed by atoms with E-state index in [0.717, 1.165) is 0 Å². The van der Waals surface area contributed by atoms with E-state index in [1.54, 1.807) is 55.5 Å². The number of amides is 1. The lowest BCUT2D eigenvalue weighted by Crippen LogP contribution is -2.46. The van der Waals surface area contributed by atoms with Crippen LogP contribution in [0.4, 0.5) is 11.4 Å². The molecule has 8 nitrogen and oxygen atoms in total. The first-order valence-corrected chi connectivity index (χ1v) is 8.93. The van der Waals surface area contributed by atoms with E-state index in [1.165, 1.54) is 6.07 Å². The third-order valence-corrected chi connectivity index (χ3v) is 4.69. The summed E-state index contributed by atoms with van der Waals surface area (Å²) in [5, 5.41) is 26.3. The molecule has 0 spiro atoms. The molecule has 0 aliphatic heterocycles. The smallest absolute Gasteiger partial charge is 0.315 e. The number of carboxylic acids is 1. The minimum absolute atomic E-state index is 0.0346. The Morgan fingerprint density at radius 2 is 1.75 bits per heavy atom. The number of benzene rings is 2. The summed E-state index contributed by atoms with van der Waals surface area (Å²) in [6, 6.07) is 15.0. The molecular weight excluding hydrogens is 362 g/mol. The highest BCUT2D eigenvalue weighted by atomic mass is 16.6. The summed E-state index contributed by atoms with van der Waals surface area (Å²) in [6.45, 7) is 1.92. The van der Waals surface area contributed by atoms with Gasteiger partial charge in [-0.25, -0.2) is 0 Å². The van der Waals surface area contributed by atoms with Crippen molar-refractivity contribution in [2.75, 3.05) is 18.4 Å². The van der Waals surface area contributed by atoms with Crippen LogP contribution in [0.3, 0.4) is 0 Å². The summed E-state index contributed by atoms with van der Waals surface area (Å²) in [6.07, 6.45) is 0.376. The zero-order chi connectivity index (χ0) is 20.6. The minimum atomic E-state index is -1.21. The summed E-state index contributed by atoms with van der Waals surface area (Å²) in [5.41, 5.74) is -0.313. The number of carbonyl (C=O) groups is 2. The second-order valence-electron chi connectivity index (χ2n) is 6.33. The molecule has 1 atom stereocenters. The molecular formula is C20H23N3O5. The number of carbonyl (C=O) groups excluding carboxylic acids is 1. The molecule has 1 amide bonds. The minimum Gasteiger partial charge on any atom is -0.481 e. The van der Waals surface area contributed by atoms with E-state index in [1.807, 2.05) is 0 Å². The number of anilines is 1. The van der Waals surface area contributed by atoms with Crippen molar-refractivity contribution >= 4 is 23.3 Å². The summed E-state index contributed by atoms with van der Waals surface area (Å²) in [4.78, 5) is 34.6. The molecule has 3 N–H and O–H groups in total. The maximum absolute atomic E-state index is 12.2. The number of aliphatic carboxylic acids is 1. The molecule has 0 radical (unpaired) electrons. The van der Waals surface area contributed by atoms with Gasteiger partial charge in [-0.15, -0.1) is 0 Å². The van der Waals surface area contributed by atoms with Gasteiger partial charge in [-0.3, -0.25) is 19.7 Å². The Kier molecular flexibility index (Phi) is 7.08. The number of para-hydroxylation sites is 2. The molecule has 1 unspecified atom stereocenters. The van der Waals surface area contributed by atoms with Crippen LogP contribution in [-0.2, 0) is 15.0 Å². The molecule has 0 aliphatic carbocycles. The van der Waals surface area contributed by atoms with E-state index >= 15 is 0 Å². The number of hydrogen-bond acceptors (Lipinski definition) is 5. The zero-order valence-electron chi connectivity index (χ0n) is 15.6. The molecule has 148 valence electrons. The Morgan fingerprint density at radius 3 is 2.36 bits per heavy atom. The van der Waals surface area contributed by atoms with E-state index in [2.05, 4.69) is 10.6 Å². The Labute approximate surface area is 162 Å². The molecule has 2 aromatic carbocycles. The molecule has 0 aromatic heterocycles. The maximum atomic E-state index is 12.2. The van der Waals surface area contributed by atoms with E-state index in [9.17, 15) is 24.8 Å². The Hall–Kier alpha value is -3.42. The van der Waals surface area contributed by atoms with Gasteiger partial charge in [0.25, 0.3) is 5.69 Å². The van der Waals surface area contributed by atoms with Crippen LogP contribution in [0, 0.1) is 10.1 Å². The molecule has 2 aromatic rings. The summed E-state index contributed by atoms with van der Waals surface area (Å²) < 4.78 is 0. The summed E-state index contributed by atoms with van der Waals surface area (Å²) >= 11 is 0. The predicted molar refractivity (Wildman–Crippen MR) is 105 cm³/mol. The van der Waals surface area contributed by atoms with Crippen LogP contribution >= 0.6 is 0 Å². The largest absolute Gasteiger partial charge is 0.481 e. The Morgan fingerprint density at radius 1 is 1.11 bits per heavy atom. The van der Waals surface area contributed by atoms with E-state index < -0.39 is 16.3 Å². The molecule has 0 fully saturated rings. The van der Waals surface area contributed by atoms with Gasteiger partial charge in [0.05, 0.1) is 4.92 Å². The quantitative estimate of drug-likeness (QED) is 0.427. The Balaban J connectivity index is 1.95. The van der Waals surface area contributed by atoms with E-state index in [4.69, 9.17) is 0 Å². The molecule has 2 rings (SSSR count). The van der Waals surface area contributed by atoms with Crippen molar-refractivity contribution < 1.29 is 19.6 Å². The maximum Gasteiger partial charge on any atom is 0.315 e. The number of rotatable bonds is 10. The first kappa shape index (κ1) is 20.9. The molecule has 28 heavy (non-hydrogen) atoms. The lowest BCUT2D eigenvalue weighted by Gasteiger charge is -2.29. The lowest BCUT2D eigenvalue weighted by molar-refractivity contribution is -0.384. The number of carboxylic acid groups (broad SMARTS) is 1. The topological polar surface area (TPSA) is 122 Å². The fraction of sp³-hybridized carbons (Fsp3) is 0.300. The number of nitro benzene ring substituents is 1. The molecule has 8 heteroatoms. The zero-order valence-corrected chi connectivity index (χ0v) is 15.6. The van der Waals surface area contributed by atoms with Crippen molar-refractivity contribution in [3.63, 3.8) is 0 Å². The first-order valence-electron chi connectivity index (χ1n) is 8.93. The van der Waals surface area contributed by atoms with Crippen LogP contribution in [0.1, 0.15) is 25.3 Å². The summed E-state index contributed by atoms with van der Waals surface area (Å²) in [7, 11) is 0. The third kappa shape index (κ3) is 4.85. The van der Waals surface area contributed by atoms with Crippen LogP contribution in [0.25, 0.3) is 0 Å². The van der Waals surface area contributed by atoms with Crippen molar-refractivity contribution in [3.8, 4) is 0 Å². The van der Waals surface area contributed by atoms with Gasteiger partial charge in [-0.05, 0) is 18.1 Å². The average molecular weight is 385 g/mol. The molecule has 0 saturated heterocycles.